The zero-order valence-electron chi connectivity index (χ0n) is 14.3. The second-order valence-electron chi connectivity index (χ2n) is 6.01. The summed E-state index contributed by atoms with van der Waals surface area (Å²) in [5.74, 6) is 0.246. The lowest BCUT2D eigenvalue weighted by molar-refractivity contribution is -0.113. The van der Waals surface area contributed by atoms with Crippen LogP contribution in [0.3, 0.4) is 0 Å². The van der Waals surface area contributed by atoms with Crippen molar-refractivity contribution in [1.82, 2.24) is 15.0 Å². The van der Waals surface area contributed by atoms with E-state index in [2.05, 4.69) is 19.9 Å². The zero-order valence-corrected chi connectivity index (χ0v) is 14.3. The summed E-state index contributed by atoms with van der Waals surface area (Å²) in [6, 6.07) is 5.75. The molecule has 0 saturated carbocycles. The third-order valence-corrected chi connectivity index (χ3v) is 3.90. The van der Waals surface area contributed by atoms with Gasteiger partial charge in [-0.1, -0.05) is 6.07 Å². The number of nitrogens with two attached hydrogens (primary N) is 1. The van der Waals surface area contributed by atoms with Gasteiger partial charge in [-0.05, 0) is 37.6 Å². The van der Waals surface area contributed by atoms with Crippen LogP contribution in [-0.4, -0.2) is 40.6 Å². The van der Waals surface area contributed by atoms with Gasteiger partial charge in [-0.25, -0.2) is 9.97 Å². The fraction of sp³-hybridized carbons (Fsp3) is 0.333. The number of morpholine rings is 1. The molecule has 1 atom stereocenters. The van der Waals surface area contributed by atoms with Crippen molar-refractivity contribution < 1.29 is 9.53 Å². The van der Waals surface area contributed by atoms with Gasteiger partial charge in [-0.3, -0.25) is 9.78 Å². The number of rotatable bonds is 4. The number of aromatic nitrogens is 3. The Hall–Kier alpha value is -2.80. The molecule has 0 aliphatic carbocycles. The molecule has 25 heavy (non-hydrogen) atoms. The normalized spacial score (nSPS) is 17.8. The molecule has 1 unspecified atom stereocenters. The van der Waals surface area contributed by atoms with Crippen LogP contribution in [0.2, 0.25) is 0 Å². The van der Waals surface area contributed by atoms with Crippen molar-refractivity contribution in [1.29, 1.82) is 0 Å². The van der Waals surface area contributed by atoms with Crippen molar-refractivity contribution in [3.8, 4) is 0 Å². The topological polar surface area (TPSA) is 94.2 Å². The molecule has 0 aromatic carbocycles. The molecule has 0 radical (unpaired) electrons. The Morgan fingerprint density at radius 1 is 1.32 bits per heavy atom. The first-order valence-corrected chi connectivity index (χ1v) is 8.13. The van der Waals surface area contributed by atoms with E-state index in [0.717, 1.165) is 35.1 Å². The van der Waals surface area contributed by atoms with Crippen LogP contribution in [-0.2, 0) is 9.53 Å². The number of carbonyl (C=O) groups is 1. The van der Waals surface area contributed by atoms with Gasteiger partial charge in [0.2, 0.25) is 11.9 Å². The molecule has 1 saturated heterocycles. The van der Waals surface area contributed by atoms with Gasteiger partial charge in [0.05, 0.1) is 18.8 Å². The average Bonchev–Trinajstić information content (AvgIpc) is 2.60. The molecular formula is C18H21N5O2. The van der Waals surface area contributed by atoms with E-state index >= 15 is 0 Å². The third kappa shape index (κ3) is 4.39. The number of amides is 1. The second kappa shape index (κ2) is 7.40. The molecule has 0 bridgehead atoms. The highest BCUT2D eigenvalue weighted by atomic mass is 16.5. The molecule has 3 heterocycles. The van der Waals surface area contributed by atoms with Crippen LogP contribution in [0.4, 0.5) is 5.95 Å². The fourth-order valence-electron chi connectivity index (χ4n) is 2.74. The summed E-state index contributed by atoms with van der Waals surface area (Å²) in [6.07, 6.45) is 4.50. The van der Waals surface area contributed by atoms with Crippen molar-refractivity contribution in [2.45, 2.75) is 20.0 Å². The zero-order chi connectivity index (χ0) is 17.8. The molecule has 2 aromatic rings. The number of hydrogen-bond donors (Lipinski definition) is 1. The summed E-state index contributed by atoms with van der Waals surface area (Å²) < 4.78 is 5.86. The smallest absolute Gasteiger partial charge is 0.241 e. The fourth-order valence-corrected chi connectivity index (χ4v) is 2.74. The lowest BCUT2D eigenvalue weighted by atomic mass is 10.1. The van der Waals surface area contributed by atoms with E-state index in [1.54, 1.807) is 12.3 Å². The van der Waals surface area contributed by atoms with Gasteiger partial charge >= 0.3 is 0 Å². The van der Waals surface area contributed by atoms with E-state index in [1.165, 1.54) is 6.08 Å². The molecular weight excluding hydrogens is 318 g/mol. The molecule has 130 valence electrons. The van der Waals surface area contributed by atoms with Gasteiger partial charge in [0.25, 0.3) is 0 Å². The van der Waals surface area contributed by atoms with Gasteiger partial charge in [-0.2, -0.15) is 0 Å². The summed E-state index contributed by atoms with van der Waals surface area (Å²) in [6.45, 7) is 5.92. The minimum atomic E-state index is -0.483. The van der Waals surface area contributed by atoms with Crippen LogP contribution in [0.25, 0.3) is 6.08 Å². The van der Waals surface area contributed by atoms with Crippen molar-refractivity contribution in [3.63, 3.8) is 0 Å². The molecule has 3 rings (SSSR count). The van der Waals surface area contributed by atoms with Crippen molar-refractivity contribution >= 4 is 17.9 Å². The van der Waals surface area contributed by atoms with E-state index in [4.69, 9.17) is 10.5 Å². The first kappa shape index (κ1) is 17.0. The monoisotopic (exact) mass is 339 g/mol. The van der Waals surface area contributed by atoms with E-state index < -0.39 is 5.91 Å². The van der Waals surface area contributed by atoms with Crippen LogP contribution in [0.5, 0.6) is 0 Å². The number of hydrogen-bond acceptors (Lipinski definition) is 6. The van der Waals surface area contributed by atoms with Crippen LogP contribution in [0, 0.1) is 13.8 Å². The lowest BCUT2D eigenvalue weighted by Gasteiger charge is -2.32. The van der Waals surface area contributed by atoms with Crippen molar-refractivity contribution in [2.75, 3.05) is 24.6 Å². The van der Waals surface area contributed by atoms with Gasteiger partial charge < -0.3 is 15.4 Å². The number of anilines is 1. The summed E-state index contributed by atoms with van der Waals surface area (Å²) in [4.78, 5) is 26.4. The Labute approximate surface area is 146 Å². The summed E-state index contributed by atoms with van der Waals surface area (Å²) >= 11 is 0. The maximum Gasteiger partial charge on any atom is 0.241 e. The Kier molecular flexibility index (Phi) is 5.04. The number of carbonyl (C=O) groups excluding carboxylic acids is 1. The Morgan fingerprint density at radius 3 is 2.72 bits per heavy atom. The first-order chi connectivity index (χ1) is 12.0. The van der Waals surface area contributed by atoms with E-state index in [0.29, 0.717) is 13.2 Å². The molecule has 1 aliphatic heterocycles. The van der Waals surface area contributed by atoms with Crippen LogP contribution < -0.4 is 10.6 Å². The highest BCUT2D eigenvalue weighted by Gasteiger charge is 2.24. The number of ether oxygens (including phenoxy) is 1. The minimum Gasteiger partial charge on any atom is -0.368 e. The number of aryl methyl sites for hydroxylation is 2. The molecule has 1 aliphatic rings. The Balaban J connectivity index is 1.73. The SMILES string of the molecule is Cc1cc(C)nc(N2CCOC(c3ccc(C=CC(N)=O)cn3)C2)n1. The largest absolute Gasteiger partial charge is 0.368 e. The maximum absolute atomic E-state index is 10.8. The molecule has 0 spiro atoms. The first-order valence-electron chi connectivity index (χ1n) is 8.13. The van der Waals surface area contributed by atoms with Crippen LogP contribution in [0.1, 0.15) is 28.7 Å². The quantitative estimate of drug-likeness (QED) is 0.850. The minimum absolute atomic E-state index is 0.146. The summed E-state index contributed by atoms with van der Waals surface area (Å²) in [5, 5.41) is 0. The van der Waals surface area contributed by atoms with Gasteiger partial charge in [-0.15, -0.1) is 0 Å². The van der Waals surface area contributed by atoms with E-state index in [-0.39, 0.29) is 6.10 Å². The van der Waals surface area contributed by atoms with Crippen molar-refractivity contribution in [2.24, 2.45) is 5.73 Å². The number of nitrogens with zero attached hydrogens (tertiary/aromatic N) is 4. The predicted octanol–water partition coefficient (Wildman–Crippen LogP) is 1.56. The highest BCUT2D eigenvalue weighted by molar-refractivity contribution is 5.90. The lowest BCUT2D eigenvalue weighted by Crippen LogP contribution is -2.39. The van der Waals surface area contributed by atoms with E-state index in [1.807, 2.05) is 32.0 Å². The maximum atomic E-state index is 10.8. The molecule has 7 heteroatoms. The molecule has 7 nitrogen and oxygen atoms in total. The number of pyridine rings is 1. The van der Waals surface area contributed by atoms with E-state index in [9.17, 15) is 4.79 Å². The third-order valence-electron chi connectivity index (χ3n) is 3.90. The molecule has 1 amide bonds. The van der Waals surface area contributed by atoms with Crippen LogP contribution in [0.15, 0.2) is 30.5 Å². The molecule has 2 N–H and O–H groups in total. The summed E-state index contributed by atoms with van der Waals surface area (Å²) in [5.41, 5.74) is 8.65. The standard InChI is InChI=1S/C18H21N5O2/c1-12-9-13(2)22-18(21-12)23-7-8-25-16(11-23)15-5-3-14(10-20-15)4-6-17(19)24/h3-6,9-10,16H,7-8,11H2,1-2H3,(H2,19,24). The second-order valence-corrected chi connectivity index (χ2v) is 6.01. The van der Waals surface area contributed by atoms with Gasteiger partial charge in [0.15, 0.2) is 0 Å². The van der Waals surface area contributed by atoms with Crippen molar-refractivity contribution in [3.05, 3.63) is 53.1 Å². The average molecular weight is 339 g/mol. The molecule has 1 fully saturated rings. The van der Waals surface area contributed by atoms with Gasteiger partial charge in [0.1, 0.15) is 6.10 Å². The Bertz CT molecular complexity index is 768. The predicted molar refractivity (Wildman–Crippen MR) is 94.9 cm³/mol. The number of primary amides is 1. The van der Waals surface area contributed by atoms with Gasteiger partial charge in [0, 0.05) is 30.2 Å². The Morgan fingerprint density at radius 2 is 2.08 bits per heavy atom. The summed E-state index contributed by atoms with van der Waals surface area (Å²) in [7, 11) is 0. The van der Waals surface area contributed by atoms with Crippen LogP contribution >= 0.6 is 0 Å². The highest BCUT2D eigenvalue weighted by Crippen LogP contribution is 2.23. The molecule has 2 aromatic heterocycles.